The molecule has 7 rings (SSSR count). The van der Waals surface area contributed by atoms with Gasteiger partial charge in [0, 0.05) is 36.8 Å². The van der Waals surface area contributed by atoms with Crippen LogP contribution in [-0.4, -0.2) is 78.6 Å². The third-order valence-corrected chi connectivity index (χ3v) is 10.2. The predicted molar refractivity (Wildman–Crippen MR) is 194 cm³/mol. The van der Waals surface area contributed by atoms with E-state index < -0.39 is 58.4 Å². The first-order valence-corrected chi connectivity index (χ1v) is 18.4. The summed E-state index contributed by atoms with van der Waals surface area (Å²) in [4.78, 5) is 65.9. The molecule has 13 nitrogen and oxygen atoms in total. The maximum absolute atomic E-state index is 14.2. The number of rotatable bonds is 9. The number of nitrogens with zero attached hydrogens (tertiary/aromatic N) is 5. The molecule has 0 bridgehead atoms. The molecule has 276 valence electrons. The van der Waals surface area contributed by atoms with E-state index in [2.05, 4.69) is 9.68 Å². The summed E-state index contributed by atoms with van der Waals surface area (Å²) in [5.74, 6) is -1.46. The molecule has 3 aliphatic rings. The second kappa shape index (κ2) is 15.5. The minimum atomic E-state index is -2.96. The Labute approximate surface area is 311 Å². The highest BCUT2D eigenvalue weighted by atomic mass is 32.2. The minimum Gasteiger partial charge on any atom is -0.349 e. The van der Waals surface area contributed by atoms with Crippen molar-refractivity contribution < 1.29 is 36.8 Å². The van der Waals surface area contributed by atoms with Gasteiger partial charge in [-0.15, -0.1) is 5.06 Å². The summed E-state index contributed by atoms with van der Waals surface area (Å²) in [7, 11) is -2.96. The number of carbonyl (C=O) groups excluding carboxylic acids is 4. The van der Waals surface area contributed by atoms with E-state index in [-0.39, 0.29) is 19.6 Å². The lowest BCUT2D eigenvalue weighted by atomic mass is 9.91. The van der Waals surface area contributed by atoms with Crippen LogP contribution in [0.3, 0.4) is 0 Å². The quantitative estimate of drug-likeness (QED) is 0.179. The van der Waals surface area contributed by atoms with Crippen molar-refractivity contribution in [3.05, 3.63) is 137 Å². The topological polar surface area (TPSA) is 158 Å². The summed E-state index contributed by atoms with van der Waals surface area (Å²) in [6.45, 7) is -0.120. The molecule has 54 heavy (non-hydrogen) atoms. The van der Waals surface area contributed by atoms with E-state index >= 15 is 0 Å². The monoisotopic (exact) mass is 750 g/mol. The van der Waals surface area contributed by atoms with Gasteiger partial charge in [0.1, 0.15) is 17.9 Å². The molecule has 2 saturated heterocycles. The Bertz CT molecular complexity index is 2210. The predicted octanol–water partition coefficient (Wildman–Crippen LogP) is 5.30. The number of hydroxylamine groups is 2. The molecule has 1 spiro atoms. The molecule has 0 aromatic heterocycles. The van der Waals surface area contributed by atoms with Crippen molar-refractivity contribution in [1.82, 2.24) is 20.2 Å². The van der Waals surface area contributed by atoms with E-state index in [0.717, 1.165) is 27.3 Å². The number of imide groups is 1. The molecule has 2 aliphatic heterocycles. The average molecular weight is 751 g/mol. The molecule has 1 unspecified atom stereocenters. The standard InChI is InChI=1S/C39H35FN6O7S/c40-30-13-11-26(12-14-30)24-45(32-18-21-44(22-19-32)53-38(50)43-54(51)52)34(47)25-46-36(48)39(42-37(46)49)20-17-29-23-31(15-16-33(29)39)41-35(27-7-3-1-4-8-27)28-9-5-2-6-10-28/h1-16,23,32H,17-22,24-25H2,(H,42,49). The lowest BCUT2D eigenvalue weighted by Gasteiger charge is -2.38. The van der Waals surface area contributed by atoms with E-state index in [1.54, 1.807) is 17.0 Å². The second-order valence-corrected chi connectivity index (χ2v) is 13.9. The Morgan fingerprint density at radius 1 is 0.907 bits per heavy atom. The van der Waals surface area contributed by atoms with E-state index in [4.69, 9.17) is 9.83 Å². The van der Waals surface area contributed by atoms with Crippen LogP contribution < -0.4 is 5.32 Å². The normalized spacial score (nSPS) is 18.2. The number of nitrogens with one attached hydrogen (secondary N) is 1. The van der Waals surface area contributed by atoms with Gasteiger partial charge in [-0.1, -0.05) is 83.2 Å². The molecular formula is C39H35FN6O7S. The van der Waals surface area contributed by atoms with E-state index in [0.29, 0.717) is 42.5 Å². The Hall–Kier alpha value is -6.06. The maximum Gasteiger partial charge on any atom is 0.467 e. The van der Waals surface area contributed by atoms with Gasteiger partial charge in [-0.3, -0.25) is 14.5 Å². The number of carbonyl (C=O) groups is 4. The number of piperidine rings is 1. The van der Waals surface area contributed by atoms with Gasteiger partial charge in [-0.2, -0.15) is 8.42 Å². The molecular weight excluding hydrogens is 716 g/mol. The zero-order chi connectivity index (χ0) is 37.8. The molecule has 15 heteroatoms. The Morgan fingerprint density at radius 2 is 1.56 bits per heavy atom. The third kappa shape index (κ3) is 7.68. The number of amides is 5. The van der Waals surface area contributed by atoms with Gasteiger partial charge < -0.3 is 15.1 Å². The Balaban J connectivity index is 1.10. The highest BCUT2D eigenvalue weighted by molar-refractivity contribution is 7.62. The summed E-state index contributed by atoms with van der Waals surface area (Å²) in [5, 5.41) is 4.15. The van der Waals surface area contributed by atoms with Crippen molar-refractivity contribution in [1.29, 1.82) is 0 Å². The number of halogens is 1. The highest BCUT2D eigenvalue weighted by Crippen LogP contribution is 2.43. The number of fused-ring (bicyclic) bond motifs is 2. The molecule has 0 saturated carbocycles. The lowest BCUT2D eigenvalue weighted by Crippen LogP contribution is -2.51. The molecule has 0 radical (unpaired) electrons. The number of aryl methyl sites for hydroxylation is 1. The van der Waals surface area contributed by atoms with Crippen molar-refractivity contribution in [2.75, 3.05) is 19.6 Å². The SMILES string of the molecule is O=C(N=S(=O)=O)ON1CCC(N(Cc2ccc(F)cc2)C(=O)CN2C(=O)NC3(CCc4cc(N=C(c5ccccc5)c5ccccc5)ccc43)C2=O)CC1. The molecule has 5 amide bonds. The van der Waals surface area contributed by atoms with E-state index in [1.165, 1.54) is 17.2 Å². The fourth-order valence-electron chi connectivity index (χ4n) is 7.33. The van der Waals surface area contributed by atoms with Gasteiger partial charge in [-0.05, 0) is 66.6 Å². The van der Waals surface area contributed by atoms with Crippen LogP contribution in [0.5, 0.6) is 0 Å². The van der Waals surface area contributed by atoms with Crippen molar-refractivity contribution in [2.24, 2.45) is 9.36 Å². The number of aliphatic imine (C=N–C) groups is 1. The van der Waals surface area contributed by atoms with Crippen LogP contribution in [-0.2, 0) is 43.4 Å². The molecule has 4 aromatic rings. The molecule has 1 aliphatic carbocycles. The smallest absolute Gasteiger partial charge is 0.349 e. The van der Waals surface area contributed by atoms with Crippen LogP contribution >= 0.6 is 0 Å². The van der Waals surface area contributed by atoms with Crippen molar-refractivity contribution in [3.63, 3.8) is 0 Å². The van der Waals surface area contributed by atoms with Crippen LogP contribution in [0.15, 0.2) is 112 Å². The lowest BCUT2D eigenvalue weighted by molar-refractivity contribution is -0.146. The van der Waals surface area contributed by atoms with Gasteiger partial charge in [0.25, 0.3) is 5.91 Å². The summed E-state index contributed by atoms with van der Waals surface area (Å²) in [6, 6.07) is 29.9. The highest BCUT2D eigenvalue weighted by Gasteiger charge is 2.56. The van der Waals surface area contributed by atoms with Crippen LogP contribution in [0.1, 0.15) is 47.1 Å². The fraction of sp³-hybridized carbons (Fsp3) is 0.256. The van der Waals surface area contributed by atoms with Gasteiger partial charge >= 0.3 is 22.6 Å². The van der Waals surface area contributed by atoms with Crippen molar-refractivity contribution in [3.8, 4) is 0 Å². The number of urea groups is 1. The average Bonchev–Trinajstić information content (AvgIpc) is 3.65. The minimum absolute atomic E-state index is 0.0724. The fourth-order valence-corrected chi connectivity index (χ4v) is 7.49. The summed E-state index contributed by atoms with van der Waals surface area (Å²) >= 11 is 0. The number of hydrogen-bond donors (Lipinski definition) is 1. The number of hydrogen-bond acceptors (Lipinski definition) is 9. The molecule has 1 atom stereocenters. The summed E-state index contributed by atoms with van der Waals surface area (Å²) in [6.07, 6.45) is 0.182. The zero-order valence-corrected chi connectivity index (χ0v) is 29.7. The van der Waals surface area contributed by atoms with Gasteiger partial charge in [0.2, 0.25) is 5.91 Å². The largest absolute Gasteiger partial charge is 0.467 e. The van der Waals surface area contributed by atoms with Crippen LogP contribution in [0.4, 0.5) is 19.7 Å². The number of benzene rings is 4. The molecule has 2 fully saturated rings. The first kappa shape index (κ1) is 36.3. The first-order chi connectivity index (χ1) is 26.1. The zero-order valence-electron chi connectivity index (χ0n) is 28.9. The van der Waals surface area contributed by atoms with E-state index in [9.17, 15) is 32.0 Å². The van der Waals surface area contributed by atoms with Crippen molar-refractivity contribution in [2.45, 2.75) is 43.8 Å². The van der Waals surface area contributed by atoms with Crippen molar-refractivity contribution >= 4 is 45.8 Å². The molecule has 4 aromatic carbocycles. The Kier molecular flexibility index (Phi) is 10.4. The van der Waals surface area contributed by atoms with Crippen LogP contribution in [0, 0.1) is 5.82 Å². The van der Waals surface area contributed by atoms with E-state index in [1.807, 2.05) is 78.9 Å². The van der Waals surface area contributed by atoms with Gasteiger partial charge in [-0.25, -0.2) is 19.0 Å². The van der Waals surface area contributed by atoms with Crippen LogP contribution in [0.2, 0.25) is 0 Å². The Morgan fingerprint density at radius 3 is 2.19 bits per heavy atom. The second-order valence-electron chi connectivity index (χ2n) is 13.2. The van der Waals surface area contributed by atoms with Gasteiger partial charge in [0.05, 0.1) is 11.4 Å². The molecule has 2 heterocycles. The maximum atomic E-state index is 14.2. The third-order valence-electron chi connectivity index (χ3n) is 9.93. The summed E-state index contributed by atoms with van der Waals surface area (Å²) < 4.78 is 38.0. The molecule has 1 N–H and O–H groups in total. The summed E-state index contributed by atoms with van der Waals surface area (Å²) in [5.41, 5.74) is 4.24. The van der Waals surface area contributed by atoms with Gasteiger partial charge in [0.15, 0.2) is 0 Å². The van der Waals surface area contributed by atoms with Crippen LogP contribution in [0.25, 0.3) is 0 Å². The first-order valence-electron chi connectivity index (χ1n) is 17.4.